The van der Waals surface area contributed by atoms with Crippen LogP contribution in [-0.4, -0.2) is 3.21 Å². The van der Waals surface area contributed by atoms with Gasteiger partial charge in [0.1, 0.15) is 0 Å². The fourth-order valence-corrected chi connectivity index (χ4v) is 24.0. The molecule has 0 aromatic heterocycles. The van der Waals surface area contributed by atoms with Crippen LogP contribution in [0.3, 0.4) is 0 Å². The summed E-state index contributed by atoms with van der Waals surface area (Å²) in [5.74, 6) is 4.11. The molecule has 54 heavy (non-hydrogen) atoms. The van der Waals surface area contributed by atoms with Gasteiger partial charge in [-0.15, -0.1) is 0 Å². The van der Waals surface area contributed by atoms with Gasteiger partial charge in [-0.05, 0) is 0 Å². The Morgan fingerprint density at radius 1 is 0.704 bits per heavy atom. The van der Waals surface area contributed by atoms with Crippen molar-refractivity contribution >= 4 is 3.21 Å². The minimum atomic E-state index is -2.80. The summed E-state index contributed by atoms with van der Waals surface area (Å²) >= 11 is -2.80. The van der Waals surface area contributed by atoms with E-state index in [1.54, 1.807) is 3.21 Å². The summed E-state index contributed by atoms with van der Waals surface area (Å²) in [7, 11) is 0. The van der Waals surface area contributed by atoms with Crippen molar-refractivity contribution in [2.45, 2.75) is 109 Å². The predicted octanol–water partition coefficient (Wildman–Crippen LogP) is 7.31. The Hall–Kier alpha value is -1.79. The van der Waals surface area contributed by atoms with Crippen molar-refractivity contribution in [3.8, 4) is 0 Å². The Balaban J connectivity index is 0.00000249. The molecule has 10 unspecified atom stereocenters. The van der Waals surface area contributed by atoms with Crippen LogP contribution in [-0.2, 0) is 32.1 Å². The molecule has 0 amide bonds. The molecule has 0 nitrogen and oxygen atoms in total. The van der Waals surface area contributed by atoms with E-state index in [0.29, 0.717) is 21.4 Å². The summed E-state index contributed by atoms with van der Waals surface area (Å²) < 4.78 is 4.28. The van der Waals surface area contributed by atoms with Crippen LogP contribution in [0, 0.1) is 51.8 Å². The number of hydrogen-bond acceptors (Lipinski definition) is 0. The maximum atomic E-state index is 2.87. The molecule has 3 fully saturated rings. The molecule has 0 radical (unpaired) electrons. The van der Waals surface area contributed by atoms with E-state index in [-0.39, 0.29) is 51.9 Å². The van der Waals surface area contributed by atoms with Gasteiger partial charge in [0.25, 0.3) is 0 Å². The second kappa shape index (κ2) is 14.9. The van der Waals surface area contributed by atoms with Crippen LogP contribution < -0.4 is 24.8 Å². The van der Waals surface area contributed by atoms with E-state index in [4.69, 9.17) is 0 Å². The van der Waals surface area contributed by atoms with Crippen LogP contribution in [0.1, 0.15) is 117 Å². The Labute approximate surface area is 348 Å². The fourth-order valence-electron chi connectivity index (χ4n) is 12.9. The van der Waals surface area contributed by atoms with Crippen molar-refractivity contribution in [1.82, 2.24) is 0 Å². The van der Waals surface area contributed by atoms with E-state index in [1.807, 2.05) is 3.28 Å². The van der Waals surface area contributed by atoms with Gasteiger partial charge >= 0.3 is 327 Å². The van der Waals surface area contributed by atoms with E-state index in [2.05, 4.69) is 185 Å². The number of rotatable bonds is 4. The van der Waals surface area contributed by atoms with Gasteiger partial charge in [-0.2, -0.15) is 0 Å². The van der Waals surface area contributed by atoms with Crippen molar-refractivity contribution in [3.63, 3.8) is 0 Å². The maximum absolute atomic E-state index is 2.87. The van der Waals surface area contributed by atoms with E-state index in [1.165, 1.54) is 41.5 Å². The molecule has 0 saturated heterocycles. The van der Waals surface area contributed by atoms with E-state index in [0.717, 1.165) is 24.2 Å². The minimum absolute atomic E-state index is 0. The molecule has 0 N–H and O–H groups in total. The first-order chi connectivity index (χ1) is 24.6. The zero-order valence-corrected chi connectivity index (χ0v) is 38.6. The van der Waals surface area contributed by atoms with Gasteiger partial charge in [0, 0.05) is 0 Å². The predicted molar refractivity (Wildman–Crippen MR) is 220 cm³/mol. The summed E-state index contributed by atoms with van der Waals surface area (Å²) in [6.07, 6.45) is 33.1. The van der Waals surface area contributed by atoms with Crippen molar-refractivity contribution in [2.24, 2.45) is 51.8 Å². The SMILES string of the molecule is CC1CCCC2C1C1C3C=CC=CC3C3(C)C=CC=CC3(C)C1(C)[CH]2[Zr+2]([C]1=CC=CC1)=[C](c1ccc(C(C)(C)C)cc1)c1ccc(C(C)(C)C)cc1.[Cl-].[Cl-]. The van der Waals surface area contributed by atoms with Crippen molar-refractivity contribution in [2.75, 3.05) is 0 Å². The average molecular weight is 839 g/mol. The summed E-state index contributed by atoms with van der Waals surface area (Å²) in [6, 6.07) is 20.0. The van der Waals surface area contributed by atoms with Gasteiger partial charge in [0.2, 0.25) is 0 Å². The van der Waals surface area contributed by atoms with Gasteiger partial charge < -0.3 is 24.8 Å². The molecule has 2 aromatic carbocycles. The van der Waals surface area contributed by atoms with Crippen LogP contribution >= 0.6 is 0 Å². The smallest absolute Gasteiger partial charge is 1.00 e. The number of halogens is 2. The third kappa shape index (κ3) is 6.28. The van der Waals surface area contributed by atoms with Gasteiger partial charge in [-0.25, -0.2) is 0 Å². The fraction of sp³-hybridized carbons (Fsp3) is 0.510. The first-order valence-electron chi connectivity index (χ1n) is 20.7. The topological polar surface area (TPSA) is 0 Å². The van der Waals surface area contributed by atoms with E-state index in [9.17, 15) is 0 Å². The zero-order chi connectivity index (χ0) is 36.8. The molecule has 6 aliphatic rings. The Morgan fingerprint density at radius 2 is 1.28 bits per heavy atom. The molecule has 0 spiro atoms. The van der Waals surface area contributed by atoms with Crippen LogP contribution in [0.4, 0.5) is 0 Å². The van der Waals surface area contributed by atoms with Crippen LogP contribution in [0.25, 0.3) is 0 Å². The largest absolute Gasteiger partial charge is 1.00 e. The first-order valence-corrected chi connectivity index (χ1v) is 24.5. The summed E-state index contributed by atoms with van der Waals surface area (Å²) in [5.41, 5.74) is 6.37. The van der Waals surface area contributed by atoms with Crippen LogP contribution in [0.15, 0.2) is 119 Å². The van der Waals surface area contributed by atoms with Crippen molar-refractivity contribution in [1.29, 1.82) is 0 Å². The van der Waals surface area contributed by atoms with Gasteiger partial charge in [-0.1, -0.05) is 0 Å². The first kappa shape index (κ1) is 41.8. The Bertz CT molecular complexity index is 1880. The standard InChI is InChI=1S/C25H33.C21H26.C5H5.2ClH.Zr/c1-17-10-9-11-18-16-24(3)22(21(17)18)19-12-5-6-13-20(19)23(2)14-7-8-15-25(23,24)4;1-20(2,3)18-11-7-16(8-12-18)15-17-9-13-19(14-10-17)21(4,5)6;1-2-4-5-3-1;;;/h5-8,12-22H,9-11H2,1-4H3;7-14H,1-6H3;1-3H,4H2;2*1H;/q;;;;;+2/p-2. The average Bonchev–Trinajstić information content (AvgIpc) is 3.74. The number of allylic oxidation sites excluding steroid dienone is 12. The van der Waals surface area contributed by atoms with E-state index < -0.39 is 21.3 Å². The monoisotopic (exact) mass is 836 g/mol. The maximum Gasteiger partial charge on any atom is -1.00 e. The molecular formula is C51H64Cl2Zr. The molecule has 10 atom stereocenters. The molecule has 0 aliphatic heterocycles. The number of hydrogen-bond donors (Lipinski definition) is 0. The Kier molecular flexibility index (Phi) is 11.5. The Morgan fingerprint density at radius 3 is 1.83 bits per heavy atom. The molecule has 286 valence electrons. The molecule has 2 aromatic rings. The summed E-state index contributed by atoms with van der Waals surface area (Å²) in [4.78, 5) is 0. The third-order valence-corrected chi connectivity index (χ3v) is 25.2. The van der Waals surface area contributed by atoms with Gasteiger partial charge in [-0.3, -0.25) is 0 Å². The normalized spacial score (nSPS) is 35.7. The summed E-state index contributed by atoms with van der Waals surface area (Å²) in [5, 5.41) is 0. The molecule has 6 aliphatic carbocycles. The van der Waals surface area contributed by atoms with Crippen LogP contribution in [0.2, 0.25) is 3.63 Å². The third-order valence-electron chi connectivity index (χ3n) is 15.8. The zero-order valence-electron chi connectivity index (χ0n) is 34.6. The second-order valence-corrected chi connectivity index (χ2v) is 26.6. The molecule has 0 heterocycles. The van der Waals surface area contributed by atoms with Gasteiger partial charge in [0.05, 0.1) is 0 Å². The van der Waals surface area contributed by atoms with E-state index >= 15 is 0 Å². The van der Waals surface area contributed by atoms with Crippen LogP contribution in [0.5, 0.6) is 0 Å². The summed E-state index contributed by atoms with van der Waals surface area (Å²) in [6.45, 7) is 25.0. The van der Waals surface area contributed by atoms with Crippen molar-refractivity contribution in [3.05, 3.63) is 141 Å². The molecule has 0 bridgehead atoms. The quantitative estimate of drug-likeness (QED) is 0.304. The van der Waals surface area contributed by atoms with Gasteiger partial charge in [0.15, 0.2) is 0 Å². The minimum Gasteiger partial charge on any atom is -1.00 e. The molecule has 3 heteroatoms. The second-order valence-electron chi connectivity index (χ2n) is 20.3. The molecule has 3 saturated carbocycles. The molecule has 8 rings (SSSR count). The number of fused-ring (bicyclic) bond motifs is 8. The molecular weight excluding hydrogens is 775 g/mol. The number of benzene rings is 2. The van der Waals surface area contributed by atoms with Crippen molar-refractivity contribution < 1.29 is 46.1 Å².